The van der Waals surface area contributed by atoms with Crippen molar-refractivity contribution in [1.82, 2.24) is 5.32 Å². The SMILES string of the molecule is O=C(CCCc1cccs1)NCC(=O)Nc1ccc(F)c(F)c1F. The van der Waals surface area contributed by atoms with Crippen LogP contribution in [0.3, 0.4) is 0 Å². The van der Waals surface area contributed by atoms with Gasteiger partial charge >= 0.3 is 0 Å². The molecule has 2 rings (SSSR count). The van der Waals surface area contributed by atoms with E-state index in [2.05, 4.69) is 10.6 Å². The largest absolute Gasteiger partial charge is 0.347 e. The average molecular weight is 356 g/mol. The Morgan fingerprint density at radius 1 is 1.04 bits per heavy atom. The monoisotopic (exact) mass is 356 g/mol. The van der Waals surface area contributed by atoms with Gasteiger partial charge in [-0.3, -0.25) is 9.59 Å². The molecule has 0 saturated heterocycles. The first-order valence-electron chi connectivity index (χ1n) is 7.20. The van der Waals surface area contributed by atoms with Gasteiger partial charge < -0.3 is 10.6 Å². The van der Waals surface area contributed by atoms with Gasteiger partial charge in [-0.25, -0.2) is 13.2 Å². The molecule has 2 aromatic rings. The summed E-state index contributed by atoms with van der Waals surface area (Å²) in [6.45, 7) is -0.379. The number of rotatable bonds is 7. The topological polar surface area (TPSA) is 58.2 Å². The van der Waals surface area contributed by atoms with E-state index in [1.54, 1.807) is 11.3 Å². The minimum absolute atomic E-state index is 0.255. The van der Waals surface area contributed by atoms with Gasteiger partial charge in [0.05, 0.1) is 12.2 Å². The summed E-state index contributed by atoms with van der Waals surface area (Å²) in [6.07, 6.45) is 1.67. The number of halogens is 3. The molecule has 2 N–H and O–H groups in total. The zero-order valence-electron chi connectivity index (χ0n) is 12.6. The number of benzene rings is 1. The number of anilines is 1. The molecule has 0 aliphatic rings. The Kier molecular flexibility index (Phi) is 6.36. The van der Waals surface area contributed by atoms with E-state index in [1.807, 2.05) is 17.5 Å². The van der Waals surface area contributed by atoms with Gasteiger partial charge in [-0.2, -0.15) is 0 Å². The Bertz CT molecular complexity index is 720. The molecule has 0 radical (unpaired) electrons. The molecule has 0 aliphatic carbocycles. The fraction of sp³-hybridized carbons (Fsp3) is 0.250. The average Bonchev–Trinajstić information content (AvgIpc) is 3.07. The summed E-state index contributed by atoms with van der Waals surface area (Å²) < 4.78 is 39.2. The van der Waals surface area contributed by atoms with Crippen molar-refractivity contribution in [2.45, 2.75) is 19.3 Å². The van der Waals surface area contributed by atoms with Crippen molar-refractivity contribution in [3.05, 3.63) is 52.0 Å². The summed E-state index contributed by atoms with van der Waals surface area (Å²) in [5, 5.41) is 6.42. The number of thiophene rings is 1. The van der Waals surface area contributed by atoms with Crippen LogP contribution in [0.25, 0.3) is 0 Å². The summed E-state index contributed by atoms with van der Waals surface area (Å²) in [5.74, 6) is -5.53. The van der Waals surface area contributed by atoms with Crippen molar-refractivity contribution < 1.29 is 22.8 Å². The van der Waals surface area contributed by atoms with Crippen LogP contribution in [0.1, 0.15) is 17.7 Å². The zero-order valence-corrected chi connectivity index (χ0v) is 13.4. The van der Waals surface area contributed by atoms with Gasteiger partial charge in [-0.1, -0.05) is 6.07 Å². The lowest BCUT2D eigenvalue weighted by molar-refractivity contribution is -0.124. The molecule has 0 saturated carbocycles. The van der Waals surface area contributed by atoms with Crippen LogP contribution in [0.2, 0.25) is 0 Å². The van der Waals surface area contributed by atoms with Crippen LogP contribution in [0.5, 0.6) is 0 Å². The first kappa shape index (κ1) is 18.0. The third kappa shape index (κ3) is 5.09. The highest BCUT2D eigenvalue weighted by atomic mass is 32.1. The molecule has 1 aromatic carbocycles. The van der Waals surface area contributed by atoms with Crippen LogP contribution >= 0.6 is 11.3 Å². The number of nitrogens with one attached hydrogen (secondary N) is 2. The molecule has 0 fully saturated rings. The summed E-state index contributed by atoms with van der Waals surface area (Å²) in [4.78, 5) is 24.4. The Morgan fingerprint density at radius 3 is 2.54 bits per heavy atom. The Hall–Kier alpha value is -2.35. The lowest BCUT2D eigenvalue weighted by Crippen LogP contribution is -2.33. The third-order valence-electron chi connectivity index (χ3n) is 3.16. The van der Waals surface area contributed by atoms with Crippen LogP contribution in [0.4, 0.5) is 18.9 Å². The minimum atomic E-state index is -1.66. The molecule has 8 heteroatoms. The second kappa shape index (κ2) is 8.49. The predicted octanol–water partition coefficient (Wildman–Crippen LogP) is 3.24. The quantitative estimate of drug-likeness (QED) is 0.749. The first-order chi connectivity index (χ1) is 11.5. The molecule has 0 atom stereocenters. The van der Waals surface area contributed by atoms with Gasteiger partial charge in [0, 0.05) is 11.3 Å². The van der Waals surface area contributed by atoms with Crippen molar-refractivity contribution in [3.8, 4) is 0 Å². The van der Waals surface area contributed by atoms with Gasteiger partial charge in [0.1, 0.15) is 0 Å². The molecule has 128 valence electrons. The van der Waals surface area contributed by atoms with Crippen LogP contribution in [-0.2, 0) is 16.0 Å². The lowest BCUT2D eigenvalue weighted by Gasteiger charge is -2.08. The number of hydrogen-bond donors (Lipinski definition) is 2. The molecule has 0 bridgehead atoms. The molecule has 2 amide bonds. The molecule has 1 heterocycles. The summed E-state index contributed by atoms with van der Waals surface area (Å²) in [5.41, 5.74) is -0.481. The Labute approximate surface area is 140 Å². The molecule has 1 aromatic heterocycles. The van der Waals surface area contributed by atoms with Crippen LogP contribution in [0.15, 0.2) is 29.6 Å². The minimum Gasteiger partial charge on any atom is -0.347 e. The van der Waals surface area contributed by atoms with E-state index in [9.17, 15) is 22.8 Å². The number of carbonyl (C=O) groups is 2. The van der Waals surface area contributed by atoms with Crippen molar-refractivity contribution in [3.63, 3.8) is 0 Å². The maximum Gasteiger partial charge on any atom is 0.243 e. The number of hydrogen-bond acceptors (Lipinski definition) is 3. The molecule has 24 heavy (non-hydrogen) atoms. The van der Waals surface area contributed by atoms with Crippen molar-refractivity contribution in [2.24, 2.45) is 0 Å². The molecular weight excluding hydrogens is 341 g/mol. The molecule has 0 aliphatic heterocycles. The smallest absolute Gasteiger partial charge is 0.243 e. The third-order valence-corrected chi connectivity index (χ3v) is 4.10. The zero-order chi connectivity index (χ0) is 17.5. The van der Waals surface area contributed by atoms with E-state index < -0.39 is 29.0 Å². The van der Waals surface area contributed by atoms with Gasteiger partial charge in [0.2, 0.25) is 11.8 Å². The summed E-state index contributed by atoms with van der Waals surface area (Å²) >= 11 is 1.61. The Morgan fingerprint density at radius 2 is 1.83 bits per heavy atom. The van der Waals surface area contributed by atoms with E-state index >= 15 is 0 Å². The first-order valence-corrected chi connectivity index (χ1v) is 8.07. The van der Waals surface area contributed by atoms with Gasteiger partial charge in [-0.05, 0) is 36.4 Å². The van der Waals surface area contributed by atoms with Gasteiger partial charge in [0.15, 0.2) is 17.5 Å². The normalized spacial score (nSPS) is 10.5. The van der Waals surface area contributed by atoms with E-state index in [0.29, 0.717) is 12.5 Å². The molecular formula is C16H15F3N2O2S. The van der Waals surface area contributed by atoms with Crippen LogP contribution < -0.4 is 10.6 Å². The Balaban J connectivity index is 1.72. The summed E-state index contributed by atoms with van der Waals surface area (Å²) in [6, 6.07) is 5.53. The van der Waals surface area contributed by atoms with E-state index in [1.165, 1.54) is 4.88 Å². The van der Waals surface area contributed by atoms with Crippen molar-refractivity contribution in [2.75, 3.05) is 11.9 Å². The van der Waals surface area contributed by atoms with E-state index in [4.69, 9.17) is 0 Å². The van der Waals surface area contributed by atoms with Crippen molar-refractivity contribution in [1.29, 1.82) is 0 Å². The second-order valence-electron chi connectivity index (χ2n) is 4.98. The molecule has 4 nitrogen and oxygen atoms in total. The highest BCUT2D eigenvalue weighted by Crippen LogP contribution is 2.19. The van der Waals surface area contributed by atoms with E-state index in [-0.39, 0.29) is 18.9 Å². The fourth-order valence-electron chi connectivity index (χ4n) is 1.96. The predicted molar refractivity (Wildman–Crippen MR) is 85.2 cm³/mol. The van der Waals surface area contributed by atoms with E-state index in [0.717, 1.165) is 12.5 Å². The number of aryl methyl sites for hydroxylation is 1. The second-order valence-corrected chi connectivity index (χ2v) is 6.01. The maximum absolute atomic E-state index is 13.4. The highest BCUT2D eigenvalue weighted by molar-refractivity contribution is 7.09. The lowest BCUT2D eigenvalue weighted by atomic mass is 10.2. The van der Waals surface area contributed by atoms with Crippen LogP contribution in [0, 0.1) is 17.5 Å². The van der Waals surface area contributed by atoms with Gasteiger partial charge in [0.25, 0.3) is 0 Å². The fourth-order valence-corrected chi connectivity index (χ4v) is 2.71. The maximum atomic E-state index is 13.4. The standard InChI is InChI=1S/C16H15F3N2O2S/c17-11-6-7-12(16(19)15(11)18)21-14(23)9-20-13(22)5-1-3-10-4-2-8-24-10/h2,4,6-8H,1,3,5,9H2,(H,20,22)(H,21,23). The van der Waals surface area contributed by atoms with Crippen molar-refractivity contribution >= 4 is 28.8 Å². The molecule has 0 spiro atoms. The highest BCUT2D eigenvalue weighted by Gasteiger charge is 2.15. The summed E-state index contributed by atoms with van der Waals surface area (Å²) in [7, 11) is 0. The van der Waals surface area contributed by atoms with Gasteiger partial charge in [-0.15, -0.1) is 11.3 Å². The van der Waals surface area contributed by atoms with Crippen LogP contribution in [-0.4, -0.2) is 18.4 Å². The number of carbonyl (C=O) groups excluding carboxylic acids is 2. The number of amides is 2. The molecule has 0 unspecified atom stereocenters.